The molecule has 1 aliphatic rings. The van der Waals surface area contributed by atoms with Crippen molar-refractivity contribution < 1.29 is 22.8 Å². The molecular formula is C23H23F3N4O2. The zero-order valence-corrected chi connectivity index (χ0v) is 17.7. The second kappa shape index (κ2) is 9.30. The van der Waals surface area contributed by atoms with E-state index in [0.29, 0.717) is 5.56 Å². The van der Waals surface area contributed by atoms with Gasteiger partial charge < -0.3 is 15.1 Å². The minimum absolute atomic E-state index is 0.0294. The Labute approximate surface area is 184 Å². The Bertz CT molecular complexity index is 1040. The van der Waals surface area contributed by atoms with E-state index in [1.54, 1.807) is 23.1 Å². The molecule has 1 saturated heterocycles. The van der Waals surface area contributed by atoms with Crippen LogP contribution in [0.15, 0.2) is 42.5 Å². The van der Waals surface area contributed by atoms with Crippen molar-refractivity contribution in [2.75, 3.05) is 31.6 Å². The number of piperazine rings is 1. The van der Waals surface area contributed by atoms with Crippen molar-refractivity contribution in [2.45, 2.75) is 25.6 Å². The fourth-order valence-electron chi connectivity index (χ4n) is 3.76. The number of carbonyl (C=O) groups is 2. The second-order valence-electron chi connectivity index (χ2n) is 7.46. The van der Waals surface area contributed by atoms with Crippen LogP contribution in [0, 0.1) is 11.3 Å². The van der Waals surface area contributed by atoms with Gasteiger partial charge in [0.15, 0.2) is 0 Å². The first-order chi connectivity index (χ1) is 15.2. The van der Waals surface area contributed by atoms with Gasteiger partial charge in [0.2, 0.25) is 5.91 Å². The van der Waals surface area contributed by atoms with E-state index in [2.05, 4.69) is 5.32 Å². The number of hydrogen-bond acceptors (Lipinski definition) is 4. The number of amides is 2. The first-order valence-corrected chi connectivity index (χ1v) is 10.2. The van der Waals surface area contributed by atoms with Crippen molar-refractivity contribution in [1.82, 2.24) is 10.2 Å². The summed E-state index contributed by atoms with van der Waals surface area (Å²) in [5, 5.41) is 11.5. The quantitative estimate of drug-likeness (QED) is 0.786. The molecule has 1 atom stereocenters. The summed E-state index contributed by atoms with van der Waals surface area (Å²) in [7, 11) is 1.45. The molecule has 1 heterocycles. The summed E-state index contributed by atoms with van der Waals surface area (Å²) in [4.78, 5) is 28.7. The largest absolute Gasteiger partial charge is 0.417 e. The van der Waals surface area contributed by atoms with Crippen LogP contribution in [0.3, 0.4) is 0 Å². The third-order valence-corrected chi connectivity index (χ3v) is 5.59. The maximum atomic E-state index is 13.4. The van der Waals surface area contributed by atoms with Crippen molar-refractivity contribution >= 4 is 17.5 Å². The lowest BCUT2D eigenvalue weighted by atomic mass is 10.0. The number of carbonyl (C=O) groups excluding carboxylic acids is 2. The average Bonchev–Trinajstić information content (AvgIpc) is 2.81. The molecule has 1 fully saturated rings. The number of nitriles is 1. The number of alkyl halides is 3. The molecule has 9 heteroatoms. The number of aryl methyl sites for hydroxylation is 1. The Morgan fingerprint density at radius 3 is 2.41 bits per heavy atom. The van der Waals surface area contributed by atoms with Gasteiger partial charge in [-0.3, -0.25) is 9.59 Å². The monoisotopic (exact) mass is 444 g/mol. The van der Waals surface area contributed by atoms with Crippen molar-refractivity contribution in [3.63, 3.8) is 0 Å². The first kappa shape index (κ1) is 23.1. The molecule has 1 aliphatic heterocycles. The van der Waals surface area contributed by atoms with Crippen molar-refractivity contribution in [2.24, 2.45) is 0 Å². The predicted molar refractivity (Wildman–Crippen MR) is 113 cm³/mol. The molecule has 0 aliphatic carbocycles. The van der Waals surface area contributed by atoms with Gasteiger partial charge in [-0.05, 0) is 42.3 Å². The molecule has 1 N–H and O–H groups in total. The van der Waals surface area contributed by atoms with Gasteiger partial charge in [-0.15, -0.1) is 0 Å². The van der Waals surface area contributed by atoms with Crippen molar-refractivity contribution in [1.29, 1.82) is 5.26 Å². The highest BCUT2D eigenvalue weighted by Gasteiger charge is 2.37. The molecule has 2 aromatic carbocycles. The van der Waals surface area contributed by atoms with Crippen LogP contribution in [0.1, 0.15) is 34.0 Å². The normalized spacial score (nSPS) is 16.4. The number of rotatable bonds is 4. The van der Waals surface area contributed by atoms with Crippen LogP contribution in [0.25, 0.3) is 0 Å². The summed E-state index contributed by atoms with van der Waals surface area (Å²) in [6.45, 7) is 2.44. The molecular weight excluding hydrogens is 421 g/mol. The molecule has 0 spiro atoms. The number of benzene rings is 2. The highest BCUT2D eigenvalue weighted by atomic mass is 19.4. The molecule has 0 saturated carbocycles. The molecule has 2 amide bonds. The standard InChI is InChI=1S/C23H23F3N4O2/c1-3-15-4-6-16(7-5-15)22(32)30-11-10-29(14-20(30)21(31)28-2)18-9-8-17(13-27)19(12-18)23(24,25)26/h4-9,12,20H,3,10-11,14H2,1-2H3,(H,28,31). The molecule has 2 aromatic rings. The Kier molecular flexibility index (Phi) is 6.72. The first-order valence-electron chi connectivity index (χ1n) is 10.2. The number of hydrogen-bond donors (Lipinski definition) is 1. The number of likely N-dealkylation sites (N-methyl/N-ethyl adjacent to an activating group) is 1. The van der Waals surface area contributed by atoms with Gasteiger partial charge in [0.05, 0.1) is 17.2 Å². The van der Waals surface area contributed by atoms with Gasteiger partial charge in [0.1, 0.15) is 6.04 Å². The van der Waals surface area contributed by atoms with Gasteiger partial charge in [-0.2, -0.15) is 18.4 Å². The van der Waals surface area contributed by atoms with E-state index < -0.39 is 29.3 Å². The topological polar surface area (TPSA) is 76.4 Å². The summed E-state index contributed by atoms with van der Waals surface area (Å²) in [6, 6.07) is 11.3. The third kappa shape index (κ3) is 4.69. The van der Waals surface area contributed by atoms with Gasteiger partial charge in [0, 0.05) is 37.9 Å². The molecule has 32 heavy (non-hydrogen) atoms. The summed E-state index contributed by atoms with van der Waals surface area (Å²) < 4.78 is 40.1. The van der Waals surface area contributed by atoms with E-state index in [9.17, 15) is 22.8 Å². The van der Waals surface area contributed by atoms with E-state index in [4.69, 9.17) is 5.26 Å². The van der Waals surface area contributed by atoms with Crippen LogP contribution in [-0.2, 0) is 17.4 Å². The third-order valence-electron chi connectivity index (χ3n) is 5.59. The molecule has 0 aromatic heterocycles. The molecule has 1 unspecified atom stereocenters. The Morgan fingerprint density at radius 2 is 1.84 bits per heavy atom. The molecule has 0 radical (unpaired) electrons. The highest BCUT2D eigenvalue weighted by Crippen LogP contribution is 2.35. The number of nitrogens with zero attached hydrogens (tertiary/aromatic N) is 3. The van der Waals surface area contributed by atoms with Gasteiger partial charge in [-0.1, -0.05) is 19.1 Å². The van der Waals surface area contributed by atoms with E-state index in [1.165, 1.54) is 18.0 Å². The molecule has 3 rings (SSSR count). The lowest BCUT2D eigenvalue weighted by molar-refractivity contribution is -0.137. The van der Waals surface area contributed by atoms with E-state index in [0.717, 1.165) is 24.1 Å². The minimum Gasteiger partial charge on any atom is -0.367 e. The van der Waals surface area contributed by atoms with Crippen molar-refractivity contribution in [3.05, 3.63) is 64.7 Å². The van der Waals surface area contributed by atoms with Crippen LogP contribution >= 0.6 is 0 Å². The molecule has 6 nitrogen and oxygen atoms in total. The van der Waals surface area contributed by atoms with Crippen LogP contribution in [0.2, 0.25) is 0 Å². The van der Waals surface area contributed by atoms with Crippen LogP contribution in [0.4, 0.5) is 18.9 Å². The number of anilines is 1. The average molecular weight is 444 g/mol. The summed E-state index contributed by atoms with van der Waals surface area (Å²) in [5.74, 6) is -0.713. The van der Waals surface area contributed by atoms with Crippen molar-refractivity contribution in [3.8, 4) is 6.07 Å². The minimum atomic E-state index is -4.68. The highest BCUT2D eigenvalue weighted by molar-refractivity contribution is 5.98. The summed E-state index contributed by atoms with van der Waals surface area (Å²) >= 11 is 0. The fourth-order valence-corrected chi connectivity index (χ4v) is 3.76. The van der Waals surface area contributed by atoms with Gasteiger partial charge in [-0.25, -0.2) is 0 Å². The zero-order valence-electron chi connectivity index (χ0n) is 17.7. The van der Waals surface area contributed by atoms with Crippen LogP contribution in [0.5, 0.6) is 0 Å². The van der Waals surface area contributed by atoms with E-state index in [1.807, 2.05) is 19.1 Å². The maximum absolute atomic E-state index is 13.4. The number of halogens is 3. The lowest BCUT2D eigenvalue weighted by Crippen LogP contribution is -2.60. The lowest BCUT2D eigenvalue weighted by Gasteiger charge is -2.41. The van der Waals surface area contributed by atoms with Gasteiger partial charge in [0.25, 0.3) is 5.91 Å². The fraction of sp³-hybridized carbons (Fsp3) is 0.348. The van der Waals surface area contributed by atoms with Gasteiger partial charge >= 0.3 is 6.18 Å². The van der Waals surface area contributed by atoms with E-state index in [-0.39, 0.29) is 31.2 Å². The smallest absolute Gasteiger partial charge is 0.367 e. The van der Waals surface area contributed by atoms with Crippen LogP contribution in [-0.4, -0.2) is 49.4 Å². The number of nitrogens with one attached hydrogen (secondary N) is 1. The Hall–Kier alpha value is -3.54. The molecule has 0 bridgehead atoms. The zero-order chi connectivity index (χ0) is 23.5. The SMILES string of the molecule is CCc1ccc(C(=O)N2CCN(c3ccc(C#N)c(C(F)(F)F)c3)CC2C(=O)NC)cc1. The Morgan fingerprint density at radius 1 is 1.16 bits per heavy atom. The molecule has 168 valence electrons. The maximum Gasteiger partial charge on any atom is 0.417 e. The second-order valence-corrected chi connectivity index (χ2v) is 7.46. The Balaban J connectivity index is 1.88. The van der Waals surface area contributed by atoms with E-state index >= 15 is 0 Å². The summed E-state index contributed by atoms with van der Waals surface area (Å²) in [6.07, 6.45) is -3.85. The predicted octanol–water partition coefficient (Wildman–Crippen LogP) is 3.22. The van der Waals surface area contributed by atoms with Crippen LogP contribution < -0.4 is 10.2 Å². The summed E-state index contributed by atoms with van der Waals surface area (Å²) in [5.41, 5.74) is 0.277.